The van der Waals surface area contributed by atoms with Gasteiger partial charge in [-0.05, 0) is 25.8 Å². The largest absolute Gasteiger partial charge is 0.464 e. The maximum atomic E-state index is 11.8. The van der Waals surface area contributed by atoms with E-state index in [0.29, 0.717) is 26.1 Å². The smallest absolute Gasteiger partial charge is 0.305 e. The monoisotopic (exact) mass is 369 g/mol. The van der Waals surface area contributed by atoms with Gasteiger partial charge in [0, 0.05) is 25.9 Å². The molecule has 0 N–H and O–H groups in total. The van der Waals surface area contributed by atoms with Crippen molar-refractivity contribution in [3.8, 4) is 0 Å². The van der Waals surface area contributed by atoms with E-state index in [1.165, 1.54) is 32.1 Å². The summed E-state index contributed by atoms with van der Waals surface area (Å²) in [6, 6.07) is 0. The Morgan fingerprint density at radius 2 is 1.23 bits per heavy atom. The molecule has 0 radical (unpaired) electrons. The Hall–Kier alpha value is -1.10. The Kier molecular flexibility index (Phi) is 14.2. The average molecular weight is 370 g/mol. The second-order valence-electron chi connectivity index (χ2n) is 7.32. The number of unbranched alkanes of at least 4 members (excludes halogenated alkanes) is 5. The molecule has 1 saturated heterocycles. The van der Waals surface area contributed by atoms with Gasteiger partial charge in [0.15, 0.2) is 0 Å². The van der Waals surface area contributed by atoms with Crippen LogP contribution in [-0.4, -0.2) is 49.7 Å². The van der Waals surface area contributed by atoms with Crippen LogP contribution in [0.3, 0.4) is 0 Å². The molecule has 152 valence electrons. The van der Waals surface area contributed by atoms with Crippen LogP contribution in [0.4, 0.5) is 0 Å². The van der Waals surface area contributed by atoms with Gasteiger partial charge in [-0.2, -0.15) is 0 Å². The number of nitrogens with zero attached hydrogens (tertiary/aromatic N) is 1. The number of hydrogen-bond donors (Lipinski definition) is 0. The van der Waals surface area contributed by atoms with Gasteiger partial charge in [-0.25, -0.2) is 0 Å². The van der Waals surface area contributed by atoms with Crippen molar-refractivity contribution >= 4 is 11.9 Å². The zero-order valence-electron chi connectivity index (χ0n) is 16.8. The summed E-state index contributed by atoms with van der Waals surface area (Å²) in [6.07, 6.45) is 13.4. The number of hydrogen-bond acceptors (Lipinski definition) is 5. The molecule has 1 fully saturated rings. The molecule has 0 aromatic rings. The first-order valence-electron chi connectivity index (χ1n) is 10.8. The van der Waals surface area contributed by atoms with E-state index >= 15 is 0 Å². The minimum atomic E-state index is -0.0805. The van der Waals surface area contributed by atoms with Crippen LogP contribution in [0.25, 0.3) is 0 Å². The molecule has 5 heteroatoms. The van der Waals surface area contributed by atoms with Gasteiger partial charge in [0.05, 0.1) is 0 Å². The molecule has 0 aliphatic carbocycles. The molecular weight excluding hydrogens is 330 g/mol. The molecule has 0 unspecified atom stereocenters. The Balaban J connectivity index is 2.34. The standard InChI is InChI=1S/C21H39NO4/c1-2-3-4-5-9-12-15-22-16-18-25-20(23)13-10-7-6-8-11-14-21(24)26-19-17-22/h2-19H2,1H3. The summed E-state index contributed by atoms with van der Waals surface area (Å²) in [5, 5.41) is 0. The summed E-state index contributed by atoms with van der Waals surface area (Å²) in [7, 11) is 0. The number of carbonyl (C=O) groups excluding carboxylic acids is 2. The van der Waals surface area contributed by atoms with Gasteiger partial charge in [0.1, 0.15) is 13.2 Å². The van der Waals surface area contributed by atoms with Crippen molar-refractivity contribution in [1.29, 1.82) is 0 Å². The normalized spacial score (nSPS) is 19.7. The molecule has 5 nitrogen and oxygen atoms in total. The van der Waals surface area contributed by atoms with Crippen molar-refractivity contribution in [3.63, 3.8) is 0 Å². The van der Waals surface area contributed by atoms with Gasteiger partial charge in [-0.1, -0.05) is 58.3 Å². The van der Waals surface area contributed by atoms with Crippen LogP contribution < -0.4 is 0 Å². The van der Waals surface area contributed by atoms with Gasteiger partial charge in [0.25, 0.3) is 0 Å². The van der Waals surface area contributed by atoms with E-state index in [1.807, 2.05) is 0 Å². The average Bonchev–Trinajstić information content (AvgIpc) is 2.62. The number of cyclic esters (lactones) is 2. The van der Waals surface area contributed by atoms with Gasteiger partial charge in [0.2, 0.25) is 0 Å². The number of esters is 2. The van der Waals surface area contributed by atoms with E-state index < -0.39 is 0 Å². The van der Waals surface area contributed by atoms with Crippen molar-refractivity contribution in [1.82, 2.24) is 4.90 Å². The predicted octanol–water partition coefficient (Wildman–Crippen LogP) is 4.48. The second kappa shape index (κ2) is 16.1. The van der Waals surface area contributed by atoms with Crippen LogP contribution in [0.15, 0.2) is 0 Å². The van der Waals surface area contributed by atoms with Crippen molar-refractivity contribution in [3.05, 3.63) is 0 Å². The van der Waals surface area contributed by atoms with Gasteiger partial charge in [-0.3, -0.25) is 14.5 Å². The minimum Gasteiger partial charge on any atom is -0.464 e. The van der Waals surface area contributed by atoms with Crippen molar-refractivity contribution < 1.29 is 19.1 Å². The highest BCUT2D eigenvalue weighted by Gasteiger charge is 2.10. The lowest BCUT2D eigenvalue weighted by atomic mass is 10.1. The third kappa shape index (κ3) is 13.2. The van der Waals surface area contributed by atoms with Gasteiger partial charge in [-0.15, -0.1) is 0 Å². The number of carbonyl (C=O) groups is 2. The van der Waals surface area contributed by atoms with Crippen LogP contribution in [-0.2, 0) is 19.1 Å². The molecule has 1 heterocycles. The molecule has 26 heavy (non-hydrogen) atoms. The molecule has 0 amide bonds. The van der Waals surface area contributed by atoms with Crippen LogP contribution >= 0.6 is 0 Å². The SMILES string of the molecule is CCCCCCCCN1CCOC(=O)CCCCCCCC(=O)OCC1. The number of ether oxygens (including phenoxy) is 2. The Labute approximate surface area is 159 Å². The van der Waals surface area contributed by atoms with Crippen LogP contribution in [0, 0.1) is 0 Å². The first-order valence-corrected chi connectivity index (χ1v) is 10.8. The summed E-state index contributed by atoms with van der Waals surface area (Å²) in [5.41, 5.74) is 0. The molecule has 1 rings (SSSR count). The lowest BCUT2D eigenvalue weighted by Gasteiger charge is -2.22. The highest BCUT2D eigenvalue weighted by molar-refractivity contribution is 5.69. The zero-order valence-corrected chi connectivity index (χ0v) is 16.8. The van der Waals surface area contributed by atoms with Crippen LogP contribution in [0.1, 0.15) is 90.4 Å². The topological polar surface area (TPSA) is 55.8 Å². The quantitative estimate of drug-likeness (QED) is 0.489. The van der Waals surface area contributed by atoms with E-state index in [-0.39, 0.29) is 11.9 Å². The fourth-order valence-electron chi connectivity index (χ4n) is 3.24. The molecule has 0 aromatic heterocycles. The van der Waals surface area contributed by atoms with E-state index in [0.717, 1.165) is 58.2 Å². The molecule has 0 spiro atoms. The van der Waals surface area contributed by atoms with Gasteiger partial charge >= 0.3 is 11.9 Å². The Morgan fingerprint density at radius 3 is 1.81 bits per heavy atom. The predicted molar refractivity (Wildman–Crippen MR) is 104 cm³/mol. The molecule has 1 aliphatic rings. The second-order valence-corrected chi connectivity index (χ2v) is 7.32. The van der Waals surface area contributed by atoms with Crippen molar-refractivity contribution in [2.24, 2.45) is 0 Å². The maximum absolute atomic E-state index is 11.8. The molecule has 1 aliphatic heterocycles. The third-order valence-electron chi connectivity index (χ3n) is 4.93. The van der Waals surface area contributed by atoms with E-state index in [4.69, 9.17) is 9.47 Å². The fourth-order valence-corrected chi connectivity index (χ4v) is 3.24. The number of rotatable bonds is 7. The first-order chi connectivity index (χ1) is 12.7. The summed E-state index contributed by atoms with van der Waals surface area (Å²) in [4.78, 5) is 25.8. The van der Waals surface area contributed by atoms with Crippen LogP contribution in [0.2, 0.25) is 0 Å². The summed E-state index contributed by atoms with van der Waals surface area (Å²) < 4.78 is 10.7. The highest BCUT2D eigenvalue weighted by atomic mass is 16.5. The summed E-state index contributed by atoms with van der Waals surface area (Å²) in [6.45, 7) is 5.51. The maximum Gasteiger partial charge on any atom is 0.305 e. The fraction of sp³-hybridized carbons (Fsp3) is 0.905. The molecule has 0 aromatic carbocycles. The van der Waals surface area contributed by atoms with E-state index in [2.05, 4.69) is 11.8 Å². The highest BCUT2D eigenvalue weighted by Crippen LogP contribution is 2.10. The third-order valence-corrected chi connectivity index (χ3v) is 4.93. The van der Waals surface area contributed by atoms with Crippen molar-refractivity contribution in [2.45, 2.75) is 90.4 Å². The molecule has 0 bridgehead atoms. The summed E-state index contributed by atoms with van der Waals surface area (Å²) >= 11 is 0. The van der Waals surface area contributed by atoms with Gasteiger partial charge < -0.3 is 9.47 Å². The zero-order chi connectivity index (χ0) is 18.9. The van der Waals surface area contributed by atoms with E-state index in [9.17, 15) is 9.59 Å². The Morgan fingerprint density at radius 1 is 0.731 bits per heavy atom. The van der Waals surface area contributed by atoms with Crippen LogP contribution in [0.5, 0.6) is 0 Å². The van der Waals surface area contributed by atoms with Crippen molar-refractivity contribution in [2.75, 3.05) is 32.8 Å². The molecule has 0 atom stereocenters. The minimum absolute atomic E-state index is 0.0805. The van der Waals surface area contributed by atoms with E-state index in [1.54, 1.807) is 0 Å². The summed E-state index contributed by atoms with van der Waals surface area (Å²) in [5.74, 6) is -0.161. The Bertz CT molecular complexity index is 347. The molecule has 0 saturated carbocycles. The lowest BCUT2D eigenvalue weighted by molar-refractivity contribution is -0.144. The lowest BCUT2D eigenvalue weighted by Crippen LogP contribution is -2.33. The first kappa shape index (κ1) is 22.9. The molecular formula is C21H39NO4.